The molecule has 4 nitrogen and oxygen atoms in total. The Morgan fingerprint density at radius 1 is 1.50 bits per heavy atom. The number of nitrogens with zero attached hydrogens (tertiary/aromatic N) is 4. The van der Waals surface area contributed by atoms with Gasteiger partial charge in [0.25, 0.3) is 0 Å². The fourth-order valence-electron chi connectivity index (χ4n) is 1.89. The molecule has 0 saturated heterocycles. The molecule has 0 unspecified atom stereocenters. The highest BCUT2D eigenvalue weighted by atomic mass is 15.2. The van der Waals surface area contributed by atoms with Crippen molar-refractivity contribution in [2.45, 2.75) is 25.7 Å². The molecule has 0 aliphatic heterocycles. The number of hydrogen-bond donors (Lipinski definition) is 0. The molecular formula is C12H16N4. The average Bonchev–Trinajstić information content (AvgIpc) is 2.27. The maximum atomic E-state index is 8.75. The number of anilines is 1. The third-order valence-corrected chi connectivity index (χ3v) is 3.26. The molecule has 0 N–H and O–H groups in total. The molecule has 1 aliphatic rings. The third kappa shape index (κ3) is 2.48. The van der Waals surface area contributed by atoms with E-state index in [1.165, 1.54) is 32.0 Å². The molecule has 1 aromatic rings. The first-order valence-corrected chi connectivity index (χ1v) is 5.73. The molecule has 1 fully saturated rings. The monoisotopic (exact) mass is 216 g/mol. The molecule has 4 heteroatoms. The van der Waals surface area contributed by atoms with Crippen LogP contribution in [0.15, 0.2) is 12.4 Å². The number of hydrogen-bond acceptors (Lipinski definition) is 4. The maximum Gasteiger partial charge on any atom is 0.145 e. The van der Waals surface area contributed by atoms with Crippen molar-refractivity contribution in [3.63, 3.8) is 0 Å². The summed E-state index contributed by atoms with van der Waals surface area (Å²) in [6.45, 7) is 1.01. The molecule has 1 heterocycles. The van der Waals surface area contributed by atoms with Crippen LogP contribution in [-0.4, -0.2) is 23.6 Å². The van der Waals surface area contributed by atoms with Gasteiger partial charge in [0, 0.05) is 19.7 Å². The summed E-state index contributed by atoms with van der Waals surface area (Å²) in [5, 5.41) is 8.75. The third-order valence-electron chi connectivity index (χ3n) is 3.26. The molecule has 0 spiro atoms. The van der Waals surface area contributed by atoms with Crippen molar-refractivity contribution in [1.82, 2.24) is 9.97 Å². The van der Waals surface area contributed by atoms with Crippen LogP contribution in [0.3, 0.4) is 0 Å². The lowest BCUT2D eigenvalue weighted by molar-refractivity contribution is 0.299. The molecule has 0 radical (unpaired) electrons. The molecule has 0 atom stereocenters. The zero-order valence-corrected chi connectivity index (χ0v) is 9.56. The fraction of sp³-hybridized carbons (Fsp3) is 0.583. The van der Waals surface area contributed by atoms with Gasteiger partial charge in [-0.25, -0.2) is 9.97 Å². The molecule has 1 aromatic heterocycles. The topological polar surface area (TPSA) is 52.8 Å². The van der Waals surface area contributed by atoms with Gasteiger partial charge in [0.1, 0.15) is 23.9 Å². The lowest BCUT2D eigenvalue weighted by Gasteiger charge is -2.28. The van der Waals surface area contributed by atoms with Crippen molar-refractivity contribution in [2.75, 3.05) is 18.5 Å². The van der Waals surface area contributed by atoms with Gasteiger partial charge in [-0.3, -0.25) is 0 Å². The Morgan fingerprint density at radius 3 is 2.94 bits per heavy atom. The van der Waals surface area contributed by atoms with Crippen LogP contribution in [-0.2, 0) is 0 Å². The second-order valence-electron chi connectivity index (χ2n) is 4.38. The second-order valence-corrected chi connectivity index (χ2v) is 4.38. The molecule has 1 aliphatic carbocycles. The van der Waals surface area contributed by atoms with Gasteiger partial charge in [-0.05, 0) is 12.3 Å². The van der Waals surface area contributed by atoms with E-state index in [0.29, 0.717) is 5.69 Å². The van der Waals surface area contributed by atoms with E-state index in [2.05, 4.69) is 14.9 Å². The van der Waals surface area contributed by atoms with E-state index >= 15 is 0 Å². The Hall–Kier alpha value is -1.63. The summed E-state index contributed by atoms with van der Waals surface area (Å²) in [5.41, 5.74) is 0.431. The Bertz CT molecular complexity index is 392. The van der Waals surface area contributed by atoms with Gasteiger partial charge in [0.2, 0.25) is 0 Å². The first-order valence-electron chi connectivity index (χ1n) is 5.73. The lowest BCUT2D eigenvalue weighted by atomic mass is 9.83. The summed E-state index contributed by atoms with van der Waals surface area (Å²) in [6.07, 6.45) is 6.82. The van der Waals surface area contributed by atoms with E-state index in [0.717, 1.165) is 18.3 Å². The Balaban J connectivity index is 1.91. The number of nitriles is 1. The highest BCUT2D eigenvalue weighted by Crippen LogP contribution is 2.29. The van der Waals surface area contributed by atoms with Gasteiger partial charge in [0.15, 0.2) is 0 Å². The molecule has 84 valence electrons. The lowest BCUT2D eigenvalue weighted by Crippen LogP contribution is -2.24. The largest absolute Gasteiger partial charge is 0.360 e. The number of rotatable bonds is 4. The van der Waals surface area contributed by atoms with Crippen LogP contribution in [0, 0.1) is 17.2 Å². The molecule has 2 rings (SSSR count). The fourth-order valence-corrected chi connectivity index (χ4v) is 1.89. The summed E-state index contributed by atoms with van der Waals surface area (Å²) in [4.78, 5) is 10.1. The van der Waals surface area contributed by atoms with E-state index in [9.17, 15) is 0 Å². The maximum absolute atomic E-state index is 8.75. The number of aromatic nitrogens is 2. The van der Waals surface area contributed by atoms with E-state index in [-0.39, 0.29) is 0 Å². The van der Waals surface area contributed by atoms with Crippen LogP contribution in [0.5, 0.6) is 0 Å². The molecule has 1 saturated carbocycles. The van der Waals surface area contributed by atoms with Crippen LogP contribution < -0.4 is 4.90 Å². The van der Waals surface area contributed by atoms with Crippen molar-refractivity contribution in [2.24, 2.45) is 5.92 Å². The SMILES string of the molecule is CN(CCC1CCC1)c1cc(C#N)ncn1. The minimum atomic E-state index is 0.431. The van der Waals surface area contributed by atoms with Gasteiger partial charge >= 0.3 is 0 Å². The van der Waals surface area contributed by atoms with E-state index in [1.807, 2.05) is 13.1 Å². The van der Waals surface area contributed by atoms with Crippen LogP contribution in [0.2, 0.25) is 0 Å². The van der Waals surface area contributed by atoms with Crippen molar-refractivity contribution < 1.29 is 0 Å². The van der Waals surface area contributed by atoms with Crippen molar-refractivity contribution in [3.05, 3.63) is 18.1 Å². The first-order chi connectivity index (χ1) is 7.79. The first kappa shape index (κ1) is 10.9. The standard InChI is InChI=1S/C12H16N4/c1-16(6-5-10-3-2-4-10)12-7-11(8-13)14-9-15-12/h7,9-10H,2-6H2,1H3. The Kier molecular flexibility index (Phi) is 3.35. The van der Waals surface area contributed by atoms with Gasteiger partial charge < -0.3 is 4.90 Å². The quantitative estimate of drug-likeness (QED) is 0.772. The van der Waals surface area contributed by atoms with Crippen molar-refractivity contribution in [3.8, 4) is 6.07 Å². The highest BCUT2D eigenvalue weighted by molar-refractivity contribution is 5.40. The van der Waals surface area contributed by atoms with Crippen LogP contribution in [0.1, 0.15) is 31.4 Å². The predicted molar refractivity (Wildman–Crippen MR) is 62.0 cm³/mol. The molecule has 0 bridgehead atoms. The Morgan fingerprint density at radius 2 is 2.31 bits per heavy atom. The predicted octanol–water partition coefficient (Wildman–Crippen LogP) is 1.97. The molecule has 0 amide bonds. The van der Waals surface area contributed by atoms with Crippen molar-refractivity contribution >= 4 is 5.82 Å². The van der Waals surface area contributed by atoms with E-state index < -0.39 is 0 Å². The minimum absolute atomic E-state index is 0.431. The van der Waals surface area contributed by atoms with Crippen molar-refractivity contribution in [1.29, 1.82) is 5.26 Å². The summed E-state index contributed by atoms with van der Waals surface area (Å²) in [7, 11) is 2.02. The van der Waals surface area contributed by atoms with Crippen LogP contribution >= 0.6 is 0 Å². The van der Waals surface area contributed by atoms with E-state index in [1.54, 1.807) is 6.07 Å². The summed E-state index contributed by atoms with van der Waals surface area (Å²) < 4.78 is 0. The summed E-state index contributed by atoms with van der Waals surface area (Å²) >= 11 is 0. The smallest absolute Gasteiger partial charge is 0.145 e. The Labute approximate surface area is 95.9 Å². The average molecular weight is 216 g/mol. The zero-order chi connectivity index (χ0) is 11.4. The van der Waals surface area contributed by atoms with Gasteiger partial charge in [-0.15, -0.1) is 0 Å². The highest BCUT2D eigenvalue weighted by Gasteiger charge is 2.17. The minimum Gasteiger partial charge on any atom is -0.360 e. The van der Waals surface area contributed by atoms with Crippen LogP contribution in [0.25, 0.3) is 0 Å². The molecule has 16 heavy (non-hydrogen) atoms. The normalized spacial score (nSPS) is 15.2. The summed E-state index contributed by atoms with van der Waals surface area (Å²) in [5.74, 6) is 1.74. The zero-order valence-electron chi connectivity index (χ0n) is 9.56. The van der Waals surface area contributed by atoms with Crippen LogP contribution in [0.4, 0.5) is 5.82 Å². The second kappa shape index (κ2) is 4.93. The van der Waals surface area contributed by atoms with E-state index in [4.69, 9.17) is 5.26 Å². The van der Waals surface area contributed by atoms with Gasteiger partial charge in [-0.2, -0.15) is 5.26 Å². The van der Waals surface area contributed by atoms with Gasteiger partial charge in [0.05, 0.1) is 0 Å². The molecular weight excluding hydrogens is 200 g/mol. The summed E-state index contributed by atoms with van der Waals surface area (Å²) in [6, 6.07) is 3.77. The van der Waals surface area contributed by atoms with Gasteiger partial charge in [-0.1, -0.05) is 19.3 Å². The molecule has 0 aromatic carbocycles.